The molecule has 8 aromatic carbocycles. The first-order valence-corrected chi connectivity index (χ1v) is 17.9. The third-order valence-electron chi connectivity index (χ3n) is 10.0. The molecule has 10 rings (SSSR count). The number of aromatic nitrogens is 1. The van der Waals surface area contributed by atoms with Gasteiger partial charge in [0.1, 0.15) is 0 Å². The van der Waals surface area contributed by atoms with Crippen LogP contribution in [0.15, 0.2) is 188 Å². The van der Waals surface area contributed by atoms with Gasteiger partial charge in [-0.15, -0.1) is 11.3 Å². The molecule has 0 saturated heterocycles. The van der Waals surface area contributed by atoms with Crippen LogP contribution in [0.3, 0.4) is 0 Å². The molecule has 0 bridgehead atoms. The van der Waals surface area contributed by atoms with E-state index in [1.807, 2.05) is 11.3 Å². The average molecular weight is 654 g/mol. The lowest BCUT2D eigenvalue weighted by molar-refractivity contribution is 1.18. The maximum absolute atomic E-state index is 2.46. The van der Waals surface area contributed by atoms with Crippen LogP contribution in [0.1, 0.15) is 0 Å². The van der Waals surface area contributed by atoms with Crippen LogP contribution in [0.2, 0.25) is 0 Å². The predicted molar refractivity (Wildman–Crippen MR) is 215 cm³/mol. The highest BCUT2D eigenvalue weighted by atomic mass is 32.1. The van der Waals surface area contributed by atoms with Gasteiger partial charge in [0.05, 0.1) is 16.7 Å². The molecule has 1 nitrogen and oxygen atoms in total. The smallest absolute Gasteiger partial charge is 0.0541 e. The number of thiophene rings is 1. The van der Waals surface area contributed by atoms with Crippen molar-refractivity contribution in [1.29, 1.82) is 0 Å². The van der Waals surface area contributed by atoms with Crippen LogP contribution in [0, 0.1) is 0 Å². The fraction of sp³-hybridized carbons (Fsp3) is 0. The zero-order chi connectivity index (χ0) is 33.0. The number of hydrogen-bond acceptors (Lipinski definition) is 1. The molecule has 0 aliphatic carbocycles. The van der Waals surface area contributed by atoms with E-state index < -0.39 is 0 Å². The fourth-order valence-corrected chi connectivity index (χ4v) is 8.67. The second-order valence-electron chi connectivity index (χ2n) is 12.9. The average Bonchev–Trinajstić information content (AvgIpc) is 3.73. The first-order valence-electron chi connectivity index (χ1n) is 17.1. The van der Waals surface area contributed by atoms with Crippen molar-refractivity contribution >= 4 is 53.3 Å². The second kappa shape index (κ2) is 11.7. The molecule has 2 heteroatoms. The Kier molecular flexibility index (Phi) is 6.75. The van der Waals surface area contributed by atoms with E-state index in [-0.39, 0.29) is 0 Å². The lowest BCUT2D eigenvalue weighted by Crippen LogP contribution is -1.97. The number of benzene rings is 8. The quantitative estimate of drug-likeness (QED) is 0.174. The second-order valence-corrected chi connectivity index (χ2v) is 14.0. The molecule has 50 heavy (non-hydrogen) atoms. The fourth-order valence-electron chi connectivity index (χ4n) is 7.59. The molecule has 0 fully saturated rings. The lowest BCUT2D eigenvalue weighted by atomic mass is 9.97. The van der Waals surface area contributed by atoms with Crippen molar-refractivity contribution in [2.75, 3.05) is 0 Å². The summed E-state index contributed by atoms with van der Waals surface area (Å²) in [7, 11) is 0. The van der Waals surface area contributed by atoms with E-state index in [0.717, 1.165) is 0 Å². The third kappa shape index (κ3) is 4.76. The van der Waals surface area contributed by atoms with Gasteiger partial charge in [-0.25, -0.2) is 0 Å². The van der Waals surface area contributed by atoms with Crippen molar-refractivity contribution < 1.29 is 0 Å². The Morgan fingerprint density at radius 2 is 0.800 bits per heavy atom. The van der Waals surface area contributed by atoms with Gasteiger partial charge in [-0.05, 0) is 93.5 Å². The summed E-state index contributed by atoms with van der Waals surface area (Å²) in [6, 6.07) is 68.7. The summed E-state index contributed by atoms with van der Waals surface area (Å²) in [5.74, 6) is 0. The van der Waals surface area contributed by atoms with E-state index in [2.05, 4.69) is 193 Å². The Bertz CT molecular complexity index is 2760. The van der Waals surface area contributed by atoms with Gasteiger partial charge >= 0.3 is 0 Å². The molecule has 0 spiro atoms. The van der Waals surface area contributed by atoms with Crippen LogP contribution < -0.4 is 0 Å². The molecule has 2 aromatic heterocycles. The highest BCUT2D eigenvalue weighted by molar-refractivity contribution is 7.25. The lowest BCUT2D eigenvalue weighted by Gasteiger charge is -2.15. The molecule has 234 valence electrons. The zero-order valence-corrected chi connectivity index (χ0v) is 28.1. The molecule has 0 unspecified atom stereocenters. The van der Waals surface area contributed by atoms with Crippen LogP contribution in [-0.2, 0) is 0 Å². The van der Waals surface area contributed by atoms with Gasteiger partial charge in [-0.3, -0.25) is 0 Å². The van der Waals surface area contributed by atoms with Gasteiger partial charge in [0.15, 0.2) is 0 Å². The number of fused-ring (bicyclic) bond motifs is 6. The molecule has 0 amide bonds. The standard InChI is InChI=1S/C48H31NS/c1-3-12-32(13-4-1)35-22-25-45-41(29-35)42-30-36(33-14-5-2-6-15-33)23-26-46(42)49(45)44-20-9-7-18-39(44)38-17-11-16-34(28-38)37-24-27-48-43(31-37)40-19-8-10-21-47(40)50-48/h1-31H. The first kappa shape index (κ1) is 28.8. The summed E-state index contributed by atoms with van der Waals surface area (Å²) >= 11 is 1.86. The van der Waals surface area contributed by atoms with Gasteiger partial charge in [0.2, 0.25) is 0 Å². The summed E-state index contributed by atoms with van der Waals surface area (Å²) in [4.78, 5) is 0. The minimum atomic E-state index is 1.17. The zero-order valence-electron chi connectivity index (χ0n) is 27.3. The maximum atomic E-state index is 2.46. The summed E-state index contributed by atoms with van der Waals surface area (Å²) in [5.41, 5.74) is 13.3. The highest BCUT2D eigenvalue weighted by Crippen LogP contribution is 2.41. The maximum Gasteiger partial charge on any atom is 0.0541 e. The molecular weight excluding hydrogens is 623 g/mol. The van der Waals surface area contributed by atoms with E-state index in [1.54, 1.807) is 0 Å². The number of para-hydroxylation sites is 1. The monoisotopic (exact) mass is 653 g/mol. The van der Waals surface area contributed by atoms with E-state index in [9.17, 15) is 0 Å². The largest absolute Gasteiger partial charge is 0.309 e. The molecule has 0 N–H and O–H groups in total. The Morgan fingerprint density at radius 3 is 1.52 bits per heavy atom. The Hall–Kier alpha value is -6.22. The van der Waals surface area contributed by atoms with Crippen LogP contribution in [0.25, 0.3) is 92.2 Å². The number of nitrogens with zero attached hydrogens (tertiary/aromatic N) is 1. The highest BCUT2D eigenvalue weighted by Gasteiger charge is 2.18. The summed E-state index contributed by atoms with van der Waals surface area (Å²) in [6.07, 6.45) is 0. The van der Waals surface area contributed by atoms with Crippen LogP contribution in [0.4, 0.5) is 0 Å². The molecule has 0 atom stereocenters. The van der Waals surface area contributed by atoms with Crippen molar-refractivity contribution in [1.82, 2.24) is 4.57 Å². The topological polar surface area (TPSA) is 4.93 Å². The van der Waals surface area contributed by atoms with Crippen LogP contribution >= 0.6 is 11.3 Å². The SMILES string of the molecule is c1ccc(-c2ccc3c(c2)c2cc(-c4ccccc4)ccc2n3-c2ccccc2-c2cccc(-c3ccc4sc5ccccc5c4c3)c2)cc1. The molecule has 0 aliphatic rings. The minimum absolute atomic E-state index is 1.17. The van der Waals surface area contributed by atoms with Gasteiger partial charge in [-0.1, -0.05) is 133 Å². The van der Waals surface area contributed by atoms with Crippen molar-refractivity contribution in [3.8, 4) is 50.2 Å². The van der Waals surface area contributed by atoms with Crippen molar-refractivity contribution in [3.63, 3.8) is 0 Å². The van der Waals surface area contributed by atoms with E-state index >= 15 is 0 Å². The van der Waals surface area contributed by atoms with E-state index in [0.29, 0.717) is 0 Å². The number of hydrogen-bond donors (Lipinski definition) is 0. The van der Waals surface area contributed by atoms with Gasteiger partial charge in [0.25, 0.3) is 0 Å². The Balaban J connectivity index is 1.16. The number of rotatable bonds is 5. The van der Waals surface area contributed by atoms with E-state index in [1.165, 1.54) is 92.2 Å². The first-order chi connectivity index (χ1) is 24.8. The van der Waals surface area contributed by atoms with Crippen LogP contribution in [-0.4, -0.2) is 4.57 Å². The molecule has 0 radical (unpaired) electrons. The molecule has 0 aliphatic heterocycles. The predicted octanol–water partition coefficient (Wildman–Crippen LogP) is 13.8. The summed E-state index contributed by atoms with van der Waals surface area (Å²) in [6.45, 7) is 0. The van der Waals surface area contributed by atoms with Crippen molar-refractivity contribution in [2.45, 2.75) is 0 Å². The molecule has 10 aromatic rings. The summed E-state index contributed by atoms with van der Waals surface area (Å²) < 4.78 is 5.12. The third-order valence-corrected chi connectivity index (χ3v) is 11.2. The molecular formula is C48H31NS. The van der Waals surface area contributed by atoms with E-state index in [4.69, 9.17) is 0 Å². The molecule has 2 heterocycles. The Morgan fingerprint density at radius 1 is 0.300 bits per heavy atom. The normalized spacial score (nSPS) is 11.6. The molecule has 0 saturated carbocycles. The summed E-state index contributed by atoms with van der Waals surface area (Å²) in [5, 5.41) is 5.15. The van der Waals surface area contributed by atoms with Crippen molar-refractivity contribution in [2.24, 2.45) is 0 Å². The minimum Gasteiger partial charge on any atom is -0.309 e. The van der Waals surface area contributed by atoms with Crippen LogP contribution in [0.5, 0.6) is 0 Å². The van der Waals surface area contributed by atoms with Crippen molar-refractivity contribution in [3.05, 3.63) is 188 Å². The van der Waals surface area contributed by atoms with Gasteiger partial charge < -0.3 is 4.57 Å². The van der Waals surface area contributed by atoms with Gasteiger partial charge in [-0.2, -0.15) is 0 Å². The van der Waals surface area contributed by atoms with Gasteiger partial charge in [0, 0.05) is 36.5 Å². The Labute approximate surface area is 295 Å².